The highest BCUT2D eigenvalue weighted by molar-refractivity contribution is 7.00. The zero-order valence-corrected chi connectivity index (χ0v) is 23.8. The molecule has 0 amide bonds. The van der Waals surface area contributed by atoms with Crippen molar-refractivity contribution in [2.75, 3.05) is 4.90 Å². The molecule has 4 unspecified atom stereocenters. The summed E-state index contributed by atoms with van der Waals surface area (Å²) in [6.07, 6.45) is 8.29. The predicted molar refractivity (Wildman–Crippen MR) is 169 cm³/mol. The number of hydrogen-bond donors (Lipinski definition) is 0. The van der Waals surface area contributed by atoms with Crippen LogP contribution in [0, 0.1) is 18.8 Å². The van der Waals surface area contributed by atoms with Gasteiger partial charge in [-0.3, -0.25) is 0 Å². The third kappa shape index (κ3) is 2.25. The fraction of sp³-hybridized carbons (Fsp3) is 0.351. The van der Waals surface area contributed by atoms with Gasteiger partial charge in [-0.15, -0.1) is 0 Å². The lowest BCUT2D eigenvalue weighted by Crippen LogP contribution is -2.67. The number of fused-ring (bicyclic) bond motifs is 12. The molecule has 5 aliphatic rings. The fourth-order valence-electron chi connectivity index (χ4n) is 10.8. The normalized spacial score (nSPS) is 28.9. The van der Waals surface area contributed by atoms with Crippen LogP contribution in [0.3, 0.4) is 0 Å². The first-order valence-corrected chi connectivity index (χ1v) is 15.6. The maximum atomic E-state index is 2.92. The molecule has 40 heavy (non-hydrogen) atoms. The molecule has 4 aromatic carbocycles. The molecule has 1 aromatic heterocycles. The van der Waals surface area contributed by atoms with E-state index in [0.29, 0.717) is 0 Å². The van der Waals surface area contributed by atoms with E-state index in [9.17, 15) is 0 Å². The Hall–Kier alpha value is -3.46. The minimum atomic E-state index is 0.0896. The summed E-state index contributed by atoms with van der Waals surface area (Å²) in [5, 5.41) is 2.75. The maximum Gasteiger partial charge on any atom is 0.252 e. The zero-order chi connectivity index (χ0) is 26.5. The van der Waals surface area contributed by atoms with E-state index in [0.717, 1.165) is 11.8 Å². The molecule has 4 heterocycles. The van der Waals surface area contributed by atoms with E-state index in [2.05, 4.69) is 103 Å². The molecule has 0 N–H and O–H groups in total. The molecular weight excluding hydrogens is 483 g/mol. The van der Waals surface area contributed by atoms with Gasteiger partial charge in [0.2, 0.25) is 0 Å². The van der Waals surface area contributed by atoms with Crippen molar-refractivity contribution in [2.24, 2.45) is 11.8 Å². The molecule has 2 nitrogen and oxygen atoms in total. The number of hydrogen-bond acceptors (Lipinski definition) is 1. The number of anilines is 2. The first-order chi connectivity index (χ1) is 19.5. The van der Waals surface area contributed by atoms with E-state index in [1.807, 2.05) is 0 Å². The molecule has 0 radical (unpaired) electrons. The van der Waals surface area contributed by atoms with E-state index >= 15 is 0 Å². The average Bonchev–Trinajstić information content (AvgIpc) is 3.42. The topological polar surface area (TPSA) is 8.17 Å². The summed E-state index contributed by atoms with van der Waals surface area (Å²) < 4.78 is 2.60. The van der Waals surface area contributed by atoms with Crippen molar-refractivity contribution in [1.29, 1.82) is 0 Å². The summed E-state index contributed by atoms with van der Waals surface area (Å²) in [6.45, 7) is 7.93. The Labute approximate surface area is 237 Å². The third-order valence-corrected chi connectivity index (χ3v) is 12.5. The lowest BCUT2D eigenvalue weighted by atomic mass is 9.33. The summed E-state index contributed by atoms with van der Waals surface area (Å²) in [5.74, 6) is 1.60. The summed E-state index contributed by atoms with van der Waals surface area (Å²) in [6, 6.07) is 28.4. The SMILES string of the molecule is Cc1cc2c3c(c1)C1(C)CCC4CCCCC4C1(C)N3c1cccc3c1B2c1cccc2c4ccccc4n-3c12. The predicted octanol–water partition coefficient (Wildman–Crippen LogP) is 7.00. The van der Waals surface area contributed by atoms with E-state index in [1.54, 1.807) is 16.7 Å². The highest BCUT2D eigenvalue weighted by Crippen LogP contribution is 2.66. The van der Waals surface area contributed by atoms with Crippen molar-refractivity contribution >= 4 is 56.3 Å². The van der Waals surface area contributed by atoms with Crippen molar-refractivity contribution in [3.8, 4) is 5.69 Å². The number of benzene rings is 4. The first kappa shape index (κ1) is 22.3. The van der Waals surface area contributed by atoms with Gasteiger partial charge in [-0.1, -0.05) is 86.3 Å². The van der Waals surface area contributed by atoms with E-state index < -0.39 is 0 Å². The number of rotatable bonds is 0. The lowest BCUT2D eigenvalue weighted by molar-refractivity contribution is 0.0339. The summed E-state index contributed by atoms with van der Waals surface area (Å²) in [7, 11) is 0. The van der Waals surface area contributed by atoms with Gasteiger partial charge in [-0.2, -0.15) is 0 Å². The Balaban J connectivity index is 1.37. The van der Waals surface area contributed by atoms with Gasteiger partial charge >= 0.3 is 0 Å². The van der Waals surface area contributed by atoms with Crippen LogP contribution in [0.5, 0.6) is 0 Å². The van der Waals surface area contributed by atoms with Gasteiger partial charge in [-0.25, -0.2) is 0 Å². The monoisotopic (exact) mass is 518 g/mol. The van der Waals surface area contributed by atoms with Gasteiger partial charge in [0, 0.05) is 38.8 Å². The Bertz CT molecular complexity index is 1950. The van der Waals surface area contributed by atoms with E-state index in [4.69, 9.17) is 0 Å². The van der Waals surface area contributed by atoms with Crippen LogP contribution in [0.2, 0.25) is 0 Å². The molecule has 0 spiro atoms. The van der Waals surface area contributed by atoms with Crippen LogP contribution in [0.15, 0.2) is 72.8 Å². The summed E-state index contributed by atoms with van der Waals surface area (Å²) >= 11 is 0. The summed E-state index contributed by atoms with van der Waals surface area (Å²) in [4.78, 5) is 2.92. The van der Waals surface area contributed by atoms with Crippen LogP contribution in [-0.4, -0.2) is 16.8 Å². The molecule has 3 heteroatoms. The van der Waals surface area contributed by atoms with E-state index in [1.165, 1.54) is 88.2 Å². The summed E-state index contributed by atoms with van der Waals surface area (Å²) in [5.41, 5.74) is 15.0. The smallest absolute Gasteiger partial charge is 0.252 e. The molecule has 2 aliphatic carbocycles. The van der Waals surface area contributed by atoms with Crippen LogP contribution in [0.1, 0.15) is 63.5 Å². The molecule has 0 saturated heterocycles. The Morgan fingerprint density at radius 1 is 0.800 bits per heavy atom. The number of aromatic nitrogens is 1. The van der Waals surface area contributed by atoms with Crippen LogP contribution in [0.4, 0.5) is 11.4 Å². The molecule has 2 saturated carbocycles. The van der Waals surface area contributed by atoms with Crippen LogP contribution in [-0.2, 0) is 5.41 Å². The molecule has 10 rings (SSSR count). The Morgan fingerprint density at radius 2 is 1.60 bits per heavy atom. The highest BCUT2D eigenvalue weighted by atomic mass is 15.3. The number of nitrogens with zero attached hydrogens (tertiary/aromatic N) is 2. The molecule has 0 bridgehead atoms. The van der Waals surface area contributed by atoms with E-state index in [-0.39, 0.29) is 17.7 Å². The standard InChI is InChI=1S/C37H35BN2/c1-22-20-27-35-29(21-22)38-28-14-8-12-25-24-11-5-7-15-30(24)39(34(25)28)31-16-9-17-32(33(31)38)40(35)37(3)26-13-6-4-10-23(26)18-19-36(27,37)2/h5,7-9,11-12,14-17,20-21,23,26H,4,6,10,13,18-19H2,1-3H3. The quantitative estimate of drug-likeness (QED) is 0.197. The molecular formula is C37H35BN2. The van der Waals surface area contributed by atoms with Gasteiger partial charge in [0.05, 0.1) is 11.1 Å². The van der Waals surface area contributed by atoms with Crippen molar-refractivity contribution in [3.05, 3.63) is 83.9 Å². The second-order valence-corrected chi connectivity index (χ2v) is 14.0. The van der Waals surface area contributed by atoms with Gasteiger partial charge < -0.3 is 9.47 Å². The van der Waals surface area contributed by atoms with Crippen LogP contribution >= 0.6 is 0 Å². The second kappa shape index (κ2) is 7.05. The Kier molecular flexibility index (Phi) is 3.93. The molecule has 196 valence electrons. The van der Waals surface area contributed by atoms with Crippen molar-refractivity contribution < 1.29 is 0 Å². The Morgan fingerprint density at radius 3 is 2.52 bits per heavy atom. The fourth-order valence-corrected chi connectivity index (χ4v) is 10.8. The zero-order valence-electron chi connectivity index (χ0n) is 23.8. The molecule has 3 aliphatic heterocycles. The largest absolute Gasteiger partial charge is 0.335 e. The molecule has 2 fully saturated rings. The number of para-hydroxylation sites is 2. The van der Waals surface area contributed by atoms with Crippen molar-refractivity contribution in [3.63, 3.8) is 0 Å². The highest BCUT2D eigenvalue weighted by Gasteiger charge is 2.66. The lowest BCUT2D eigenvalue weighted by Gasteiger charge is -2.59. The first-order valence-electron chi connectivity index (χ1n) is 15.6. The molecule has 4 atom stereocenters. The van der Waals surface area contributed by atoms with Crippen molar-refractivity contribution in [2.45, 2.75) is 70.3 Å². The number of aryl methyl sites for hydroxylation is 1. The van der Waals surface area contributed by atoms with Gasteiger partial charge in [0.1, 0.15) is 0 Å². The third-order valence-electron chi connectivity index (χ3n) is 12.5. The minimum Gasteiger partial charge on any atom is -0.335 e. The average molecular weight is 519 g/mol. The minimum absolute atomic E-state index is 0.0896. The maximum absolute atomic E-state index is 2.92. The van der Waals surface area contributed by atoms with Crippen LogP contribution in [0.25, 0.3) is 27.5 Å². The van der Waals surface area contributed by atoms with Gasteiger partial charge in [0.25, 0.3) is 6.71 Å². The van der Waals surface area contributed by atoms with Crippen LogP contribution < -0.4 is 21.3 Å². The molecule has 5 aromatic rings. The van der Waals surface area contributed by atoms with Crippen molar-refractivity contribution in [1.82, 2.24) is 4.57 Å². The van der Waals surface area contributed by atoms with Gasteiger partial charge in [-0.05, 0) is 85.1 Å². The second-order valence-electron chi connectivity index (χ2n) is 14.0. The van der Waals surface area contributed by atoms with Gasteiger partial charge in [0.15, 0.2) is 0 Å².